The van der Waals surface area contributed by atoms with Crippen molar-refractivity contribution in [2.24, 2.45) is 0 Å². The molecular formula is C20H17ClN6O2. The Kier molecular flexibility index (Phi) is 4.02. The lowest BCUT2D eigenvalue weighted by molar-refractivity contribution is 0.0459. The van der Waals surface area contributed by atoms with Crippen LogP contribution in [0.2, 0.25) is 5.02 Å². The number of hydrogen-bond donors (Lipinski definition) is 1. The van der Waals surface area contributed by atoms with Gasteiger partial charge < -0.3 is 4.90 Å². The molecule has 29 heavy (non-hydrogen) atoms. The third kappa shape index (κ3) is 2.84. The highest BCUT2D eigenvalue weighted by Crippen LogP contribution is 2.35. The van der Waals surface area contributed by atoms with Gasteiger partial charge in [-0.3, -0.25) is 14.6 Å². The fraction of sp³-hybridized carbons (Fsp3) is 0.200. The lowest BCUT2D eigenvalue weighted by Crippen LogP contribution is -2.45. The Balaban J connectivity index is 1.46. The summed E-state index contributed by atoms with van der Waals surface area (Å²) in [6.07, 6.45) is 4.12. The monoisotopic (exact) mass is 408 g/mol. The third-order valence-corrected chi connectivity index (χ3v) is 5.62. The number of nitrogens with one attached hydrogen (secondary N) is 1. The average Bonchev–Trinajstić information content (AvgIpc) is 3.29. The first-order chi connectivity index (χ1) is 14.0. The standard InChI is InChI=1S/C20H17ClN6O2/c1-12-15(19(29)25-10-8-16(25)13-4-6-14(21)7-5-13)11-22-27(12)20-23-18(28)17-3-2-9-26(17)24-20/h2-7,9,11,16H,8,10H2,1H3,(H,23,24,28). The van der Waals surface area contributed by atoms with E-state index < -0.39 is 0 Å². The van der Waals surface area contributed by atoms with E-state index in [1.54, 1.807) is 25.3 Å². The number of hydrogen-bond acceptors (Lipinski definition) is 4. The van der Waals surface area contributed by atoms with Gasteiger partial charge in [0.15, 0.2) is 0 Å². The van der Waals surface area contributed by atoms with E-state index in [4.69, 9.17) is 11.6 Å². The molecule has 1 unspecified atom stereocenters. The summed E-state index contributed by atoms with van der Waals surface area (Å²) in [7, 11) is 0. The number of carbonyl (C=O) groups excluding carboxylic acids is 1. The molecule has 3 aromatic heterocycles. The highest BCUT2D eigenvalue weighted by molar-refractivity contribution is 6.30. The molecule has 1 fully saturated rings. The van der Waals surface area contributed by atoms with Crippen molar-refractivity contribution in [2.75, 3.05) is 6.54 Å². The Bertz CT molecular complexity index is 1290. The van der Waals surface area contributed by atoms with Crippen LogP contribution in [0, 0.1) is 6.92 Å². The van der Waals surface area contributed by atoms with Gasteiger partial charge in [-0.1, -0.05) is 23.7 Å². The van der Waals surface area contributed by atoms with E-state index in [1.165, 1.54) is 15.4 Å². The number of H-pyrrole nitrogens is 1. The molecule has 4 heterocycles. The van der Waals surface area contributed by atoms with Crippen LogP contribution >= 0.6 is 11.6 Å². The molecule has 1 aliphatic rings. The van der Waals surface area contributed by atoms with Crippen LogP contribution in [0.15, 0.2) is 53.6 Å². The number of likely N-dealkylation sites (tertiary alicyclic amines) is 1. The third-order valence-electron chi connectivity index (χ3n) is 5.36. The SMILES string of the molecule is Cc1c(C(=O)N2CCC2c2ccc(Cl)cc2)cnn1-c1nn2cccc2c(=O)[nH]1. The molecule has 1 atom stereocenters. The van der Waals surface area contributed by atoms with Gasteiger partial charge in [-0.05, 0) is 43.2 Å². The maximum absolute atomic E-state index is 13.1. The van der Waals surface area contributed by atoms with Gasteiger partial charge in [0.2, 0.25) is 5.95 Å². The zero-order valence-electron chi connectivity index (χ0n) is 15.5. The minimum atomic E-state index is -0.270. The van der Waals surface area contributed by atoms with E-state index in [9.17, 15) is 9.59 Å². The number of benzene rings is 1. The summed E-state index contributed by atoms with van der Waals surface area (Å²) in [5.41, 5.74) is 2.34. The molecule has 1 amide bonds. The number of nitrogens with zero attached hydrogens (tertiary/aromatic N) is 5. The van der Waals surface area contributed by atoms with Crippen molar-refractivity contribution in [3.05, 3.63) is 81.0 Å². The number of carbonyl (C=O) groups is 1. The molecule has 0 spiro atoms. The van der Waals surface area contributed by atoms with Gasteiger partial charge in [0.05, 0.1) is 23.5 Å². The first kappa shape index (κ1) is 17.7. The number of aromatic amines is 1. The summed E-state index contributed by atoms with van der Waals surface area (Å²) >= 11 is 5.97. The predicted octanol–water partition coefficient (Wildman–Crippen LogP) is 2.76. The van der Waals surface area contributed by atoms with Gasteiger partial charge in [-0.25, -0.2) is 9.20 Å². The molecule has 0 saturated carbocycles. The molecule has 146 valence electrons. The summed E-state index contributed by atoms with van der Waals surface area (Å²) in [6.45, 7) is 2.47. The second kappa shape index (κ2) is 6.59. The number of amides is 1. The van der Waals surface area contributed by atoms with Crippen molar-refractivity contribution in [2.45, 2.75) is 19.4 Å². The number of aromatic nitrogens is 5. The van der Waals surface area contributed by atoms with Crippen LogP contribution in [0.3, 0.4) is 0 Å². The van der Waals surface area contributed by atoms with Crippen LogP contribution in [0.5, 0.6) is 0 Å². The predicted molar refractivity (Wildman–Crippen MR) is 108 cm³/mol. The van der Waals surface area contributed by atoms with E-state index in [0.717, 1.165) is 12.0 Å². The molecule has 1 aromatic carbocycles. The molecule has 1 N–H and O–H groups in total. The first-order valence-corrected chi connectivity index (χ1v) is 9.60. The maximum atomic E-state index is 13.1. The van der Waals surface area contributed by atoms with Gasteiger partial charge in [0.25, 0.3) is 11.5 Å². The number of halogens is 1. The van der Waals surface area contributed by atoms with Crippen LogP contribution in [0.1, 0.15) is 34.1 Å². The van der Waals surface area contributed by atoms with Crippen molar-refractivity contribution in [3.63, 3.8) is 0 Å². The van der Waals surface area contributed by atoms with Crippen molar-refractivity contribution < 1.29 is 4.79 Å². The van der Waals surface area contributed by atoms with Gasteiger partial charge in [0.1, 0.15) is 5.52 Å². The van der Waals surface area contributed by atoms with Crippen LogP contribution in [0.4, 0.5) is 0 Å². The van der Waals surface area contributed by atoms with Gasteiger partial charge in [-0.15, -0.1) is 5.10 Å². The maximum Gasteiger partial charge on any atom is 0.276 e. The van der Waals surface area contributed by atoms with Gasteiger partial charge in [0, 0.05) is 17.8 Å². The molecule has 4 aromatic rings. The summed E-state index contributed by atoms with van der Waals surface area (Å²) in [6, 6.07) is 11.0. The fourth-order valence-electron chi connectivity index (χ4n) is 3.68. The highest BCUT2D eigenvalue weighted by Gasteiger charge is 2.35. The normalized spacial score (nSPS) is 16.2. The van der Waals surface area contributed by atoms with E-state index in [-0.39, 0.29) is 23.5 Å². The van der Waals surface area contributed by atoms with Crippen LogP contribution in [0.25, 0.3) is 11.5 Å². The second-order valence-corrected chi connectivity index (χ2v) is 7.46. The van der Waals surface area contributed by atoms with E-state index in [2.05, 4.69) is 15.2 Å². The smallest absolute Gasteiger partial charge is 0.276 e. The molecule has 5 rings (SSSR count). The van der Waals surface area contributed by atoms with Crippen molar-refractivity contribution in [1.82, 2.24) is 29.3 Å². The molecule has 1 aliphatic heterocycles. The molecule has 0 radical (unpaired) electrons. The van der Waals surface area contributed by atoms with E-state index >= 15 is 0 Å². The quantitative estimate of drug-likeness (QED) is 0.564. The van der Waals surface area contributed by atoms with E-state index in [0.29, 0.717) is 28.3 Å². The minimum Gasteiger partial charge on any atom is -0.331 e. The van der Waals surface area contributed by atoms with Crippen molar-refractivity contribution in [3.8, 4) is 5.95 Å². The van der Waals surface area contributed by atoms with Crippen molar-refractivity contribution in [1.29, 1.82) is 0 Å². The largest absolute Gasteiger partial charge is 0.331 e. The average molecular weight is 409 g/mol. The van der Waals surface area contributed by atoms with Crippen LogP contribution < -0.4 is 5.56 Å². The molecule has 1 saturated heterocycles. The molecule has 0 aliphatic carbocycles. The molecule has 0 bridgehead atoms. The topological polar surface area (TPSA) is 88.3 Å². The summed E-state index contributed by atoms with van der Waals surface area (Å²) in [5.74, 6) is 0.164. The second-order valence-electron chi connectivity index (χ2n) is 7.03. The summed E-state index contributed by atoms with van der Waals surface area (Å²) in [5, 5.41) is 9.34. The zero-order valence-corrected chi connectivity index (χ0v) is 16.3. The molecular weight excluding hydrogens is 392 g/mol. The number of fused-ring (bicyclic) bond motifs is 1. The molecule has 8 nitrogen and oxygen atoms in total. The summed E-state index contributed by atoms with van der Waals surface area (Å²) in [4.78, 5) is 29.9. The molecule has 9 heteroatoms. The first-order valence-electron chi connectivity index (χ1n) is 9.22. The van der Waals surface area contributed by atoms with Crippen molar-refractivity contribution >= 4 is 23.0 Å². The van der Waals surface area contributed by atoms with Gasteiger partial charge >= 0.3 is 0 Å². The lowest BCUT2D eigenvalue weighted by atomic mass is 9.94. The zero-order chi connectivity index (χ0) is 20.1. The Hall–Kier alpha value is -3.39. The Morgan fingerprint density at radius 2 is 2.03 bits per heavy atom. The summed E-state index contributed by atoms with van der Waals surface area (Å²) < 4.78 is 2.97. The fourth-order valence-corrected chi connectivity index (χ4v) is 3.80. The van der Waals surface area contributed by atoms with Crippen LogP contribution in [-0.4, -0.2) is 41.7 Å². The Morgan fingerprint density at radius 1 is 1.24 bits per heavy atom. The highest BCUT2D eigenvalue weighted by atomic mass is 35.5. The Morgan fingerprint density at radius 3 is 2.76 bits per heavy atom. The lowest BCUT2D eigenvalue weighted by Gasteiger charge is -2.41. The Labute approximate surface area is 170 Å². The van der Waals surface area contributed by atoms with Gasteiger partial charge in [-0.2, -0.15) is 5.10 Å². The number of rotatable bonds is 3. The van der Waals surface area contributed by atoms with E-state index in [1.807, 2.05) is 29.2 Å². The van der Waals surface area contributed by atoms with Crippen LogP contribution in [-0.2, 0) is 0 Å². The minimum absolute atomic E-state index is 0.0247.